The van der Waals surface area contributed by atoms with E-state index in [2.05, 4.69) is 0 Å². The molecule has 4 N–H and O–H groups in total. The number of hydrogen-bond donors (Lipinski definition) is 3. The van der Waals surface area contributed by atoms with Crippen LogP contribution in [0.15, 0.2) is 18.2 Å². The number of aliphatic hydroxyl groups excluding tert-OH is 2. The molecule has 0 aliphatic heterocycles. The van der Waals surface area contributed by atoms with E-state index in [1.54, 1.807) is 0 Å². The molecular weight excluding hydrogens is 271 g/mol. The van der Waals surface area contributed by atoms with Crippen molar-refractivity contribution in [2.24, 2.45) is 5.73 Å². The number of benzene rings is 1. The Kier molecular flexibility index (Phi) is 4.98. The molecule has 1 aromatic rings. The standard InChI is InChI=1S/C11H13ClF3NO2/c12-6-1-2-7(8(5-6)11(13,14)15)10(18)9(17)3-4-16/h1-2,5,9-10,17-18H,3-4,16H2. The summed E-state index contributed by atoms with van der Waals surface area (Å²) >= 11 is 5.50. The van der Waals surface area contributed by atoms with Crippen LogP contribution in [0, 0.1) is 0 Å². The average molecular weight is 284 g/mol. The van der Waals surface area contributed by atoms with Crippen molar-refractivity contribution in [3.8, 4) is 0 Å². The van der Waals surface area contributed by atoms with Gasteiger partial charge in [0.25, 0.3) is 0 Å². The van der Waals surface area contributed by atoms with Gasteiger partial charge in [-0.05, 0) is 30.7 Å². The lowest BCUT2D eigenvalue weighted by Gasteiger charge is -2.21. The monoisotopic (exact) mass is 283 g/mol. The van der Waals surface area contributed by atoms with Crippen LogP contribution in [0.25, 0.3) is 0 Å². The molecular formula is C11H13ClF3NO2. The van der Waals surface area contributed by atoms with Crippen LogP contribution in [-0.2, 0) is 6.18 Å². The molecule has 0 aliphatic carbocycles. The van der Waals surface area contributed by atoms with Crippen molar-refractivity contribution in [2.45, 2.75) is 24.8 Å². The molecule has 0 bridgehead atoms. The van der Waals surface area contributed by atoms with Gasteiger partial charge in [0.1, 0.15) is 6.10 Å². The Morgan fingerprint density at radius 3 is 2.39 bits per heavy atom. The highest BCUT2D eigenvalue weighted by molar-refractivity contribution is 6.30. The molecule has 0 saturated heterocycles. The SMILES string of the molecule is NCCC(O)C(O)c1ccc(Cl)cc1C(F)(F)F. The molecule has 0 aromatic heterocycles. The molecule has 0 radical (unpaired) electrons. The summed E-state index contributed by atoms with van der Waals surface area (Å²) in [4.78, 5) is 0. The first kappa shape index (κ1) is 15.2. The molecule has 2 unspecified atom stereocenters. The summed E-state index contributed by atoms with van der Waals surface area (Å²) in [5.41, 5.74) is 3.71. The van der Waals surface area contributed by atoms with Crippen LogP contribution in [0.4, 0.5) is 13.2 Å². The first-order valence-electron chi connectivity index (χ1n) is 5.20. The third-order valence-corrected chi connectivity index (χ3v) is 2.70. The van der Waals surface area contributed by atoms with Gasteiger partial charge in [-0.2, -0.15) is 13.2 Å². The molecule has 18 heavy (non-hydrogen) atoms. The normalized spacial score (nSPS) is 15.5. The summed E-state index contributed by atoms with van der Waals surface area (Å²) in [6, 6.07) is 3.00. The van der Waals surface area contributed by atoms with Gasteiger partial charge in [0.05, 0.1) is 11.7 Å². The zero-order valence-corrected chi connectivity index (χ0v) is 10.0. The number of alkyl halides is 3. The number of hydrogen-bond acceptors (Lipinski definition) is 3. The lowest BCUT2D eigenvalue weighted by Crippen LogP contribution is -2.24. The minimum Gasteiger partial charge on any atom is -0.390 e. The lowest BCUT2D eigenvalue weighted by atomic mass is 9.97. The zero-order chi connectivity index (χ0) is 13.9. The molecule has 0 spiro atoms. The molecule has 7 heteroatoms. The molecule has 2 atom stereocenters. The number of halogens is 4. The Hall–Kier alpha value is -0.820. The highest BCUT2D eigenvalue weighted by atomic mass is 35.5. The molecule has 0 fully saturated rings. The molecule has 0 heterocycles. The maximum Gasteiger partial charge on any atom is 0.416 e. The molecule has 1 aromatic carbocycles. The second-order valence-electron chi connectivity index (χ2n) is 3.82. The highest BCUT2D eigenvalue weighted by Gasteiger charge is 2.36. The number of nitrogens with two attached hydrogens (primary N) is 1. The van der Waals surface area contributed by atoms with E-state index in [1.807, 2.05) is 0 Å². The van der Waals surface area contributed by atoms with E-state index in [0.717, 1.165) is 12.1 Å². The van der Waals surface area contributed by atoms with Gasteiger partial charge < -0.3 is 15.9 Å². The number of rotatable bonds is 4. The molecule has 0 aliphatic rings. The van der Waals surface area contributed by atoms with Gasteiger partial charge in [-0.3, -0.25) is 0 Å². The van der Waals surface area contributed by atoms with E-state index in [9.17, 15) is 23.4 Å². The molecule has 102 valence electrons. The fourth-order valence-electron chi connectivity index (χ4n) is 1.57. The van der Waals surface area contributed by atoms with Crippen molar-refractivity contribution < 1.29 is 23.4 Å². The van der Waals surface area contributed by atoms with Crippen molar-refractivity contribution in [3.63, 3.8) is 0 Å². The third kappa shape index (κ3) is 3.58. The van der Waals surface area contributed by atoms with Crippen LogP contribution in [0.5, 0.6) is 0 Å². The largest absolute Gasteiger partial charge is 0.416 e. The van der Waals surface area contributed by atoms with Crippen LogP contribution in [0.3, 0.4) is 0 Å². The van der Waals surface area contributed by atoms with Gasteiger partial charge in [0.2, 0.25) is 0 Å². The van der Waals surface area contributed by atoms with Crippen molar-refractivity contribution in [3.05, 3.63) is 34.3 Å². The summed E-state index contributed by atoms with van der Waals surface area (Å²) in [6.45, 7) is 0.0627. The van der Waals surface area contributed by atoms with Crippen molar-refractivity contribution in [1.82, 2.24) is 0 Å². The molecule has 0 saturated carbocycles. The Morgan fingerprint density at radius 1 is 1.28 bits per heavy atom. The Labute approximate surface area is 107 Å². The zero-order valence-electron chi connectivity index (χ0n) is 9.28. The summed E-state index contributed by atoms with van der Waals surface area (Å²) in [7, 11) is 0. The maximum atomic E-state index is 12.8. The second-order valence-corrected chi connectivity index (χ2v) is 4.26. The van der Waals surface area contributed by atoms with Crippen molar-refractivity contribution in [1.29, 1.82) is 0 Å². The van der Waals surface area contributed by atoms with E-state index in [-0.39, 0.29) is 18.0 Å². The Balaban J connectivity index is 3.15. The van der Waals surface area contributed by atoms with E-state index in [0.29, 0.717) is 0 Å². The van der Waals surface area contributed by atoms with Gasteiger partial charge in [-0.25, -0.2) is 0 Å². The Morgan fingerprint density at radius 2 is 1.89 bits per heavy atom. The quantitative estimate of drug-likeness (QED) is 0.793. The highest BCUT2D eigenvalue weighted by Crippen LogP contribution is 2.37. The van der Waals surface area contributed by atoms with Gasteiger partial charge in [-0.15, -0.1) is 0 Å². The lowest BCUT2D eigenvalue weighted by molar-refractivity contribution is -0.139. The van der Waals surface area contributed by atoms with E-state index >= 15 is 0 Å². The van der Waals surface area contributed by atoms with E-state index in [4.69, 9.17) is 17.3 Å². The van der Waals surface area contributed by atoms with E-state index < -0.39 is 29.5 Å². The molecule has 0 amide bonds. The summed E-state index contributed by atoms with van der Waals surface area (Å²) in [6.07, 6.45) is -7.65. The van der Waals surface area contributed by atoms with Crippen LogP contribution < -0.4 is 5.73 Å². The predicted octanol–water partition coefficient (Wildman–Crippen LogP) is 2.10. The van der Waals surface area contributed by atoms with Crippen molar-refractivity contribution in [2.75, 3.05) is 6.54 Å². The summed E-state index contributed by atoms with van der Waals surface area (Å²) in [5.74, 6) is 0. The molecule has 1 rings (SSSR count). The first-order chi connectivity index (χ1) is 8.27. The fraction of sp³-hybridized carbons (Fsp3) is 0.455. The van der Waals surface area contributed by atoms with Crippen LogP contribution in [-0.4, -0.2) is 22.9 Å². The van der Waals surface area contributed by atoms with Crippen molar-refractivity contribution >= 4 is 11.6 Å². The van der Waals surface area contributed by atoms with Gasteiger partial charge in [-0.1, -0.05) is 17.7 Å². The van der Waals surface area contributed by atoms with Crippen LogP contribution in [0.2, 0.25) is 5.02 Å². The first-order valence-corrected chi connectivity index (χ1v) is 5.58. The van der Waals surface area contributed by atoms with Crippen LogP contribution in [0.1, 0.15) is 23.7 Å². The summed E-state index contributed by atoms with van der Waals surface area (Å²) in [5, 5.41) is 19.1. The fourth-order valence-corrected chi connectivity index (χ4v) is 1.74. The average Bonchev–Trinajstić information content (AvgIpc) is 2.27. The molecule has 3 nitrogen and oxygen atoms in total. The predicted molar refractivity (Wildman–Crippen MR) is 61.1 cm³/mol. The maximum absolute atomic E-state index is 12.8. The third-order valence-electron chi connectivity index (χ3n) is 2.47. The Bertz CT molecular complexity index is 412. The number of aliphatic hydroxyl groups is 2. The minimum atomic E-state index is -4.65. The van der Waals surface area contributed by atoms with Gasteiger partial charge in [0, 0.05) is 5.02 Å². The smallest absolute Gasteiger partial charge is 0.390 e. The second kappa shape index (κ2) is 5.88. The summed E-state index contributed by atoms with van der Waals surface area (Å²) < 4.78 is 38.3. The van der Waals surface area contributed by atoms with E-state index in [1.165, 1.54) is 6.07 Å². The van der Waals surface area contributed by atoms with Crippen LogP contribution >= 0.6 is 11.6 Å². The topological polar surface area (TPSA) is 66.5 Å². The van der Waals surface area contributed by atoms with Gasteiger partial charge >= 0.3 is 6.18 Å². The minimum absolute atomic E-state index is 0.00108. The van der Waals surface area contributed by atoms with Gasteiger partial charge in [0.15, 0.2) is 0 Å².